The summed E-state index contributed by atoms with van der Waals surface area (Å²) in [5.41, 5.74) is 4.19. The van der Waals surface area contributed by atoms with Gasteiger partial charge in [0.2, 0.25) is 6.79 Å². The standard InChI is InChI=1S/C28H31N3O5/c1-2-21(28(32)33)23-7-4-18-14-20(6-8-22(18)23)34-13-3-11-29-16-27-30-12-10-24(31-27)19-5-9-25-26(15-19)36-17-35-25/h5-6,8-10,12,14-15,21,23,29H,2-4,7,11,13,16-17H2,1H3,(H,32,33)/t21?,23-/m0/s1. The van der Waals surface area contributed by atoms with Crippen molar-refractivity contribution >= 4 is 5.97 Å². The molecule has 2 aromatic carbocycles. The Morgan fingerprint density at radius 2 is 2.08 bits per heavy atom. The number of aliphatic carboxylic acids is 1. The molecule has 0 fully saturated rings. The van der Waals surface area contributed by atoms with Gasteiger partial charge in [-0.15, -0.1) is 0 Å². The van der Waals surface area contributed by atoms with Crippen molar-refractivity contribution in [2.75, 3.05) is 19.9 Å². The molecule has 3 aromatic rings. The number of ether oxygens (including phenoxy) is 3. The SMILES string of the molecule is CCC(C(=O)O)[C@@H]1CCc2cc(OCCCNCc3nccc(-c4ccc5c(c4)OCO5)n3)ccc21. The monoisotopic (exact) mass is 489 g/mol. The van der Waals surface area contributed by atoms with Crippen molar-refractivity contribution in [3.63, 3.8) is 0 Å². The number of aryl methyl sites for hydroxylation is 1. The third-order valence-corrected chi connectivity index (χ3v) is 6.90. The molecule has 0 bridgehead atoms. The second-order valence-electron chi connectivity index (χ2n) is 9.16. The van der Waals surface area contributed by atoms with Gasteiger partial charge in [0.25, 0.3) is 0 Å². The maximum Gasteiger partial charge on any atom is 0.307 e. The first-order chi connectivity index (χ1) is 17.6. The zero-order chi connectivity index (χ0) is 24.9. The van der Waals surface area contributed by atoms with Gasteiger partial charge in [0.05, 0.1) is 24.8 Å². The Morgan fingerprint density at radius 1 is 1.19 bits per heavy atom. The average Bonchev–Trinajstić information content (AvgIpc) is 3.53. The number of rotatable bonds is 11. The van der Waals surface area contributed by atoms with Gasteiger partial charge in [0.1, 0.15) is 11.6 Å². The second kappa shape index (κ2) is 11.0. The molecule has 1 aliphatic heterocycles. The molecule has 2 aliphatic rings. The Labute approximate surface area is 210 Å². The summed E-state index contributed by atoms with van der Waals surface area (Å²) < 4.78 is 16.8. The van der Waals surface area contributed by atoms with Crippen LogP contribution in [0, 0.1) is 5.92 Å². The molecule has 0 radical (unpaired) electrons. The minimum absolute atomic E-state index is 0.103. The summed E-state index contributed by atoms with van der Waals surface area (Å²) in [6.07, 6.45) is 5.07. The lowest BCUT2D eigenvalue weighted by atomic mass is 9.85. The van der Waals surface area contributed by atoms with Crippen LogP contribution in [0.5, 0.6) is 17.2 Å². The zero-order valence-corrected chi connectivity index (χ0v) is 20.4. The first kappa shape index (κ1) is 24.1. The molecule has 1 aliphatic carbocycles. The van der Waals surface area contributed by atoms with E-state index in [0.717, 1.165) is 60.1 Å². The fraction of sp³-hybridized carbons (Fsp3) is 0.393. The van der Waals surface area contributed by atoms with Gasteiger partial charge in [-0.25, -0.2) is 9.97 Å². The summed E-state index contributed by atoms with van der Waals surface area (Å²) in [4.78, 5) is 20.6. The van der Waals surface area contributed by atoms with Gasteiger partial charge in [-0.2, -0.15) is 0 Å². The first-order valence-corrected chi connectivity index (χ1v) is 12.5. The summed E-state index contributed by atoms with van der Waals surface area (Å²) in [5, 5.41) is 12.9. The highest BCUT2D eigenvalue weighted by Gasteiger charge is 2.33. The number of aromatic nitrogens is 2. The van der Waals surface area contributed by atoms with E-state index in [9.17, 15) is 9.90 Å². The third kappa shape index (κ3) is 5.28. The van der Waals surface area contributed by atoms with Crippen molar-refractivity contribution in [2.24, 2.45) is 5.92 Å². The van der Waals surface area contributed by atoms with Crippen molar-refractivity contribution < 1.29 is 24.1 Å². The maximum absolute atomic E-state index is 11.6. The van der Waals surface area contributed by atoms with Crippen LogP contribution in [0.15, 0.2) is 48.7 Å². The van der Waals surface area contributed by atoms with E-state index in [2.05, 4.69) is 27.4 Å². The van der Waals surface area contributed by atoms with Gasteiger partial charge in [0.15, 0.2) is 11.5 Å². The molecule has 2 atom stereocenters. The number of benzene rings is 2. The van der Waals surface area contributed by atoms with Crippen LogP contribution < -0.4 is 19.5 Å². The van der Waals surface area contributed by atoms with Crippen molar-refractivity contribution in [3.8, 4) is 28.5 Å². The molecule has 0 saturated carbocycles. The van der Waals surface area contributed by atoms with E-state index in [1.807, 2.05) is 37.3 Å². The number of nitrogens with zero attached hydrogens (tertiary/aromatic N) is 2. The maximum atomic E-state index is 11.6. The highest BCUT2D eigenvalue weighted by atomic mass is 16.7. The van der Waals surface area contributed by atoms with E-state index in [1.165, 1.54) is 11.1 Å². The molecule has 188 valence electrons. The predicted octanol–water partition coefficient (Wildman–Crippen LogP) is 4.57. The van der Waals surface area contributed by atoms with Crippen LogP contribution in [0.4, 0.5) is 0 Å². The third-order valence-electron chi connectivity index (χ3n) is 6.90. The lowest BCUT2D eigenvalue weighted by molar-refractivity contribution is -0.142. The lowest BCUT2D eigenvalue weighted by Gasteiger charge is -2.19. The minimum atomic E-state index is -0.701. The average molecular weight is 490 g/mol. The minimum Gasteiger partial charge on any atom is -0.494 e. The highest BCUT2D eigenvalue weighted by molar-refractivity contribution is 5.72. The van der Waals surface area contributed by atoms with Gasteiger partial charge in [-0.1, -0.05) is 13.0 Å². The van der Waals surface area contributed by atoms with E-state index >= 15 is 0 Å². The molecule has 36 heavy (non-hydrogen) atoms. The Bertz CT molecular complexity index is 1230. The quantitative estimate of drug-likeness (QED) is 0.378. The van der Waals surface area contributed by atoms with Gasteiger partial charge < -0.3 is 24.6 Å². The van der Waals surface area contributed by atoms with E-state index in [0.29, 0.717) is 19.6 Å². The lowest BCUT2D eigenvalue weighted by Crippen LogP contribution is -2.19. The van der Waals surface area contributed by atoms with Gasteiger partial charge in [-0.05, 0) is 85.7 Å². The molecule has 2 N–H and O–H groups in total. The summed E-state index contributed by atoms with van der Waals surface area (Å²) in [5.74, 6) is 2.15. The number of nitrogens with one attached hydrogen (secondary N) is 1. The molecule has 8 heteroatoms. The van der Waals surface area contributed by atoms with Crippen LogP contribution in [0.1, 0.15) is 49.1 Å². The largest absolute Gasteiger partial charge is 0.494 e. The van der Waals surface area contributed by atoms with Crippen LogP contribution in [-0.4, -0.2) is 41.0 Å². The molecule has 1 unspecified atom stereocenters. The second-order valence-corrected chi connectivity index (χ2v) is 9.16. The topological polar surface area (TPSA) is 103 Å². The van der Waals surface area contributed by atoms with Crippen LogP contribution in [-0.2, 0) is 17.8 Å². The van der Waals surface area contributed by atoms with Crippen molar-refractivity contribution in [2.45, 2.75) is 45.1 Å². The number of carboxylic acid groups (broad SMARTS) is 1. The smallest absolute Gasteiger partial charge is 0.307 e. The molecule has 0 spiro atoms. The molecule has 0 saturated heterocycles. The Balaban J connectivity index is 1.07. The molecule has 5 rings (SSSR count). The van der Waals surface area contributed by atoms with Gasteiger partial charge >= 0.3 is 5.97 Å². The van der Waals surface area contributed by atoms with Crippen molar-refractivity contribution in [1.82, 2.24) is 15.3 Å². The van der Waals surface area contributed by atoms with Gasteiger partial charge in [-0.3, -0.25) is 4.79 Å². The molecule has 1 aromatic heterocycles. The van der Waals surface area contributed by atoms with Crippen LogP contribution in [0.25, 0.3) is 11.3 Å². The predicted molar refractivity (Wildman–Crippen MR) is 134 cm³/mol. The van der Waals surface area contributed by atoms with Crippen LogP contribution >= 0.6 is 0 Å². The molecular formula is C28H31N3O5. The fourth-order valence-corrected chi connectivity index (χ4v) is 5.05. The summed E-state index contributed by atoms with van der Waals surface area (Å²) in [7, 11) is 0. The summed E-state index contributed by atoms with van der Waals surface area (Å²) >= 11 is 0. The van der Waals surface area contributed by atoms with Crippen LogP contribution in [0.3, 0.4) is 0 Å². The molecule has 8 nitrogen and oxygen atoms in total. The zero-order valence-electron chi connectivity index (χ0n) is 20.4. The molecule has 0 amide bonds. The summed E-state index contributed by atoms with van der Waals surface area (Å²) in [6, 6.07) is 13.8. The summed E-state index contributed by atoms with van der Waals surface area (Å²) in [6.45, 7) is 4.15. The van der Waals surface area contributed by atoms with Crippen molar-refractivity contribution in [1.29, 1.82) is 0 Å². The Morgan fingerprint density at radius 3 is 2.94 bits per heavy atom. The molecular weight excluding hydrogens is 458 g/mol. The first-order valence-electron chi connectivity index (χ1n) is 12.5. The number of fused-ring (bicyclic) bond motifs is 2. The normalized spacial score (nSPS) is 16.5. The highest BCUT2D eigenvalue weighted by Crippen LogP contribution is 2.41. The van der Waals surface area contributed by atoms with E-state index in [1.54, 1.807) is 6.20 Å². The number of carboxylic acids is 1. The number of hydrogen-bond acceptors (Lipinski definition) is 7. The van der Waals surface area contributed by atoms with Gasteiger partial charge in [0, 0.05) is 11.8 Å². The van der Waals surface area contributed by atoms with Crippen molar-refractivity contribution in [3.05, 3.63) is 65.6 Å². The number of carbonyl (C=O) groups is 1. The van der Waals surface area contributed by atoms with E-state index < -0.39 is 5.97 Å². The Hall–Kier alpha value is -3.65. The van der Waals surface area contributed by atoms with Crippen LogP contribution in [0.2, 0.25) is 0 Å². The fourth-order valence-electron chi connectivity index (χ4n) is 5.05. The molecule has 2 heterocycles. The number of hydrogen-bond donors (Lipinski definition) is 2. The van der Waals surface area contributed by atoms with E-state index in [-0.39, 0.29) is 18.6 Å². The van der Waals surface area contributed by atoms with E-state index in [4.69, 9.17) is 14.2 Å². The Kier molecular flexibility index (Phi) is 7.32.